The average molecular weight is 426 g/mol. The molecule has 30 heavy (non-hydrogen) atoms. The Kier molecular flexibility index (Phi) is 22.9. The molecule has 1 saturated carbocycles. The first-order chi connectivity index (χ1) is 14.5. The van der Waals surface area contributed by atoms with Crippen molar-refractivity contribution in [1.82, 2.24) is 5.32 Å². The molecule has 0 radical (unpaired) electrons. The van der Waals surface area contributed by atoms with Gasteiger partial charge in [0.05, 0.1) is 6.61 Å². The van der Waals surface area contributed by atoms with Crippen LogP contribution in [0.1, 0.15) is 80.3 Å². The number of unbranched alkanes of at least 4 members (excludes halogenated alkanes) is 1. The monoisotopic (exact) mass is 425 g/mol. The van der Waals surface area contributed by atoms with Gasteiger partial charge in [-0.3, -0.25) is 0 Å². The smallest absolute Gasteiger partial charge is 0.119 e. The lowest BCUT2D eigenvalue weighted by Crippen LogP contribution is -2.21. The summed E-state index contributed by atoms with van der Waals surface area (Å²) >= 11 is 0. The van der Waals surface area contributed by atoms with Crippen molar-refractivity contribution in [3.8, 4) is 5.75 Å². The molecule has 0 heterocycles. The van der Waals surface area contributed by atoms with Crippen LogP contribution < -0.4 is 10.1 Å². The predicted octanol–water partition coefficient (Wildman–Crippen LogP) is 6.65. The van der Waals surface area contributed by atoms with Crippen LogP contribution in [0.15, 0.2) is 36.4 Å². The molecule has 2 rings (SSSR count). The molecule has 0 saturated heterocycles. The third-order valence-electron chi connectivity index (χ3n) is 4.56. The minimum absolute atomic E-state index is 0. The Morgan fingerprint density at radius 1 is 1.17 bits per heavy atom. The first-order valence-corrected chi connectivity index (χ1v) is 11.5. The van der Waals surface area contributed by atoms with E-state index in [2.05, 4.69) is 50.4 Å². The standard InChI is InChI=1S/C15H23NO.C6H14O.C4H8.CH4O.H2/c1-11(2)15(16-3)13-5-4-6-14(9-13)17-10-12-7-8-12;1-3-5-6-7-4-2;1-3-4-2;1-2;/h4-6,9,11-12,15-16H,7-8,10H2,1-3H3;3-6H2,1-2H3;3-4H,1-2H3;2H,1H3;1H/b;;4-3+;;. The highest BCUT2D eigenvalue weighted by Crippen LogP contribution is 2.30. The first kappa shape index (κ1) is 30.8. The fourth-order valence-corrected chi connectivity index (χ4v) is 2.57. The Morgan fingerprint density at radius 2 is 1.80 bits per heavy atom. The molecule has 0 spiro atoms. The average Bonchev–Trinajstić information content (AvgIpc) is 3.60. The molecule has 2 N–H and O–H groups in total. The Morgan fingerprint density at radius 3 is 2.23 bits per heavy atom. The summed E-state index contributed by atoms with van der Waals surface area (Å²) in [7, 11) is 3.02. The molecule has 1 aromatic carbocycles. The van der Waals surface area contributed by atoms with Gasteiger partial charge < -0.3 is 19.9 Å². The Labute approximate surface area is 188 Å². The second kappa shape index (κ2) is 22.3. The fraction of sp³-hybridized carbons (Fsp3) is 0.692. The number of ether oxygens (including phenoxy) is 2. The minimum Gasteiger partial charge on any atom is -0.493 e. The number of hydrogen-bond acceptors (Lipinski definition) is 4. The van der Waals surface area contributed by atoms with Crippen molar-refractivity contribution in [3.05, 3.63) is 42.0 Å². The lowest BCUT2D eigenvalue weighted by atomic mass is 9.96. The highest BCUT2D eigenvalue weighted by atomic mass is 16.5. The van der Waals surface area contributed by atoms with E-state index in [9.17, 15) is 0 Å². The molecule has 4 heteroatoms. The van der Waals surface area contributed by atoms with E-state index in [0.29, 0.717) is 12.0 Å². The van der Waals surface area contributed by atoms with Crippen LogP contribution in [0.25, 0.3) is 0 Å². The molecule has 1 aliphatic carbocycles. The van der Waals surface area contributed by atoms with E-state index in [1.807, 2.05) is 40.0 Å². The molecule has 1 fully saturated rings. The molecule has 4 nitrogen and oxygen atoms in total. The molecule has 1 aliphatic rings. The summed E-state index contributed by atoms with van der Waals surface area (Å²) in [5, 5.41) is 10.4. The van der Waals surface area contributed by atoms with Crippen molar-refractivity contribution in [2.75, 3.05) is 34.0 Å². The molecule has 1 unspecified atom stereocenters. The second-order valence-electron chi connectivity index (χ2n) is 7.55. The van der Waals surface area contributed by atoms with Gasteiger partial charge in [0.1, 0.15) is 5.75 Å². The lowest BCUT2D eigenvalue weighted by Gasteiger charge is -2.21. The third kappa shape index (κ3) is 17.5. The van der Waals surface area contributed by atoms with Crippen molar-refractivity contribution in [1.29, 1.82) is 0 Å². The van der Waals surface area contributed by atoms with E-state index in [4.69, 9.17) is 14.6 Å². The van der Waals surface area contributed by atoms with Crippen molar-refractivity contribution in [2.45, 2.75) is 73.3 Å². The van der Waals surface area contributed by atoms with Gasteiger partial charge in [0.15, 0.2) is 0 Å². The van der Waals surface area contributed by atoms with Crippen LogP contribution >= 0.6 is 0 Å². The van der Waals surface area contributed by atoms with Gasteiger partial charge in [0.25, 0.3) is 0 Å². The molecule has 1 aromatic rings. The molecule has 178 valence electrons. The Hall–Kier alpha value is -1.36. The summed E-state index contributed by atoms with van der Waals surface area (Å²) in [6, 6.07) is 8.89. The number of nitrogens with one attached hydrogen (secondary N) is 1. The summed E-state index contributed by atoms with van der Waals surface area (Å²) in [4.78, 5) is 0. The topological polar surface area (TPSA) is 50.7 Å². The second-order valence-corrected chi connectivity index (χ2v) is 7.55. The van der Waals surface area contributed by atoms with Crippen LogP contribution in [0, 0.1) is 11.8 Å². The molecular formula is C26H51NO3. The first-order valence-electron chi connectivity index (χ1n) is 11.5. The van der Waals surface area contributed by atoms with Crippen LogP contribution in [-0.4, -0.2) is 39.1 Å². The fourth-order valence-electron chi connectivity index (χ4n) is 2.57. The Bertz CT molecular complexity index is 497. The number of hydrogen-bond donors (Lipinski definition) is 2. The molecule has 0 amide bonds. The van der Waals surface area contributed by atoms with E-state index >= 15 is 0 Å². The third-order valence-corrected chi connectivity index (χ3v) is 4.56. The maximum Gasteiger partial charge on any atom is 0.119 e. The summed E-state index contributed by atoms with van der Waals surface area (Å²) in [5.74, 6) is 2.40. The molecule has 1 atom stereocenters. The molecule has 0 aromatic heterocycles. The maximum absolute atomic E-state index is 7.00. The zero-order valence-electron chi connectivity index (χ0n) is 20.9. The number of rotatable bonds is 10. The van der Waals surface area contributed by atoms with Gasteiger partial charge in [-0.05, 0) is 76.6 Å². The number of aliphatic hydroxyl groups is 1. The van der Waals surface area contributed by atoms with Gasteiger partial charge in [-0.2, -0.15) is 0 Å². The van der Waals surface area contributed by atoms with Crippen molar-refractivity contribution >= 4 is 0 Å². The van der Waals surface area contributed by atoms with Crippen LogP contribution in [0.5, 0.6) is 5.75 Å². The van der Waals surface area contributed by atoms with Gasteiger partial charge >= 0.3 is 0 Å². The highest BCUT2D eigenvalue weighted by Gasteiger charge is 2.22. The number of aliphatic hydroxyl groups excluding tert-OH is 1. The van der Waals surface area contributed by atoms with E-state index in [0.717, 1.165) is 38.6 Å². The van der Waals surface area contributed by atoms with Crippen LogP contribution in [0.4, 0.5) is 0 Å². The summed E-state index contributed by atoms with van der Waals surface area (Å²) < 4.78 is 10.9. The number of benzene rings is 1. The molecule has 0 aliphatic heterocycles. The van der Waals surface area contributed by atoms with E-state index in [-0.39, 0.29) is 1.43 Å². The van der Waals surface area contributed by atoms with Gasteiger partial charge in [0, 0.05) is 27.8 Å². The zero-order valence-corrected chi connectivity index (χ0v) is 20.9. The number of allylic oxidation sites excluding steroid dienone is 2. The van der Waals surface area contributed by atoms with Gasteiger partial charge in [-0.25, -0.2) is 0 Å². The van der Waals surface area contributed by atoms with Crippen LogP contribution in [-0.2, 0) is 4.74 Å². The van der Waals surface area contributed by atoms with E-state index in [1.54, 1.807) is 0 Å². The van der Waals surface area contributed by atoms with Crippen LogP contribution in [0.2, 0.25) is 0 Å². The predicted molar refractivity (Wildman–Crippen MR) is 133 cm³/mol. The van der Waals surface area contributed by atoms with Crippen molar-refractivity contribution in [3.63, 3.8) is 0 Å². The van der Waals surface area contributed by atoms with Crippen molar-refractivity contribution < 1.29 is 16.0 Å². The molecule has 0 bridgehead atoms. The quantitative estimate of drug-likeness (QED) is 0.325. The minimum atomic E-state index is 0. The normalized spacial score (nSPS) is 13.4. The maximum atomic E-state index is 7.00. The highest BCUT2D eigenvalue weighted by molar-refractivity contribution is 5.31. The molecular weight excluding hydrogens is 374 g/mol. The van der Waals surface area contributed by atoms with Gasteiger partial charge in [0.2, 0.25) is 0 Å². The van der Waals surface area contributed by atoms with Gasteiger partial charge in [-0.15, -0.1) is 0 Å². The van der Waals surface area contributed by atoms with Gasteiger partial charge in [-0.1, -0.05) is 51.5 Å². The summed E-state index contributed by atoms with van der Waals surface area (Å²) in [5.41, 5.74) is 1.32. The summed E-state index contributed by atoms with van der Waals surface area (Å²) in [6.45, 7) is 15.3. The van der Waals surface area contributed by atoms with E-state index < -0.39 is 0 Å². The zero-order chi connectivity index (χ0) is 23.2. The largest absolute Gasteiger partial charge is 0.493 e. The van der Waals surface area contributed by atoms with Crippen LogP contribution in [0.3, 0.4) is 0 Å². The lowest BCUT2D eigenvalue weighted by molar-refractivity contribution is 0.144. The SMILES string of the molecule is C/C=C/C.CCCCOCC.CNC(c1cccc(OCC2CC2)c1)C(C)C.CO.[HH]. The summed E-state index contributed by atoms with van der Waals surface area (Å²) in [6.07, 6.45) is 9.11. The van der Waals surface area contributed by atoms with E-state index in [1.165, 1.54) is 31.2 Å². The Balaban J connectivity index is -0.000000471. The van der Waals surface area contributed by atoms with Crippen molar-refractivity contribution in [2.24, 2.45) is 11.8 Å².